The summed E-state index contributed by atoms with van der Waals surface area (Å²) in [6, 6.07) is 0.0503. The number of rotatable bonds is 6. The molecule has 0 heterocycles. The zero-order valence-electron chi connectivity index (χ0n) is 7.19. The quantitative estimate of drug-likeness (QED) is 0.693. The molecule has 0 rings (SSSR count). The van der Waals surface area contributed by atoms with Gasteiger partial charge in [0.1, 0.15) is 0 Å². The molecule has 0 saturated heterocycles. The zero-order chi connectivity index (χ0) is 8.69. The van der Waals surface area contributed by atoms with Gasteiger partial charge in [-0.2, -0.15) is 0 Å². The van der Waals surface area contributed by atoms with Gasteiger partial charge in [-0.25, -0.2) is 0 Å². The highest BCUT2D eigenvalue weighted by molar-refractivity contribution is 9.09. The van der Waals surface area contributed by atoms with Gasteiger partial charge in [0, 0.05) is 0 Å². The lowest BCUT2D eigenvalue weighted by Gasteiger charge is -2.13. The van der Waals surface area contributed by atoms with E-state index in [9.17, 15) is 4.79 Å². The van der Waals surface area contributed by atoms with E-state index < -0.39 is 0 Å². The number of carbonyl (C=O) groups excluding carboxylic acids is 1. The van der Waals surface area contributed by atoms with Gasteiger partial charge in [-0.05, 0) is 19.4 Å². The summed E-state index contributed by atoms with van der Waals surface area (Å²) in [7, 11) is 0. The third-order valence-corrected chi connectivity index (χ3v) is 2.12. The number of carbonyl (C=O) groups is 1. The third-order valence-electron chi connectivity index (χ3n) is 1.57. The summed E-state index contributed by atoms with van der Waals surface area (Å²) >= 11 is 3.16. The lowest BCUT2D eigenvalue weighted by molar-refractivity contribution is -0.118. The van der Waals surface area contributed by atoms with Crippen LogP contribution >= 0.6 is 15.9 Å². The minimum absolute atomic E-state index is 0.0503. The van der Waals surface area contributed by atoms with E-state index in [0.717, 1.165) is 19.4 Å². The molecule has 2 nitrogen and oxygen atoms in total. The fourth-order valence-corrected chi connectivity index (χ4v) is 1.29. The minimum atomic E-state index is 0.0503. The van der Waals surface area contributed by atoms with Crippen LogP contribution in [0.3, 0.4) is 0 Å². The van der Waals surface area contributed by atoms with E-state index >= 15 is 0 Å². The Bertz CT molecular complexity index is 117. The molecule has 0 aliphatic rings. The van der Waals surface area contributed by atoms with Crippen LogP contribution in [-0.2, 0) is 4.79 Å². The number of ketones is 1. The molecule has 0 spiro atoms. The lowest BCUT2D eigenvalue weighted by atomic mass is 10.1. The summed E-state index contributed by atoms with van der Waals surface area (Å²) in [5.41, 5.74) is 0. The molecule has 0 bridgehead atoms. The molecule has 0 aromatic rings. The van der Waals surface area contributed by atoms with E-state index in [0.29, 0.717) is 5.33 Å². The summed E-state index contributed by atoms with van der Waals surface area (Å²) in [4.78, 5) is 11.1. The van der Waals surface area contributed by atoms with Crippen LogP contribution in [0.2, 0.25) is 0 Å². The molecule has 0 saturated carbocycles. The number of hydrogen-bond acceptors (Lipinski definition) is 2. The van der Waals surface area contributed by atoms with Crippen LogP contribution in [0.5, 0.6) is 0 Å². The van der Waals surface area contributed by atoms with Crippen LogP contribution in [0, 0.1) is 0 Å². The van der Waals surface area contributed by atoms with Crippen molar-refractivity contribution in [3.63, 3.8) is 0 Å². The van der Waals surface area contributed by atoms with E-state index in [1.807, 2.05) is 6.92 Å². The molecule has 0 radical (unpaired) electrons. The van der Waals surface area contributed by atoms with E-state index in [-0.39, 0.29) is 11.8 Å². The molecule has 0 amide bonds. The van der Waals surface area contributed by atoms with Gasteiger partial charge in [0.05, 0.1) is 11.4 Å². The van der Waals surface area contributed by atoms with Crippen LogP contribution in [0.4, 0.5) is 0 Å². The Morgan fingerprint density at radius 3 is 2.55 bits per heavy atom. The Balaban J connectivity index is 3.65. The third kappa shape index (κ3) is 4.53. The molecule has 0 aromatic carbocycles. The van der Waals surface area contributed by atoms with Gasteiger partial charge >= 0.3 is 0 Å². The Kier molecular flexibility index (Phi) is 6.87. The fraction of sp³-hybridized carbons (Fsp3) is 0.875. The van der Waals surface area contributed by atoms with Crippen LogP contribution in [-0.4, -0.2) is 23.7 Å². The standard InChI is InChI=1S/C8H16BrNO/c1-3-5-10-7(4-2)8(11)6-9/h7,10H,3-6H2,1-2H3. The normalized spacial score (nSPS) is 13.0. The van der Waals surface area contributed by atoms with Crippen LogP contribution in [0.25, 0.3) is 0 Å². The molecule has 1 atom stereocenters. The second-order valence-electron chi connectivity index (χ2n) is 2.51. The molecule has 3 heteroatoms. The average molecular weight is 222 g/mol. The molecule has 0 aliphatic heterocycles. The molecular weight excluding hydrogens is 206 g/mol. The van der Waals surface area contributed by atoms with E-state index in [1.165, 1.54) is 0 Å². The first-order valence-electron chi connectivity index (χ1n) is 4.08. The second-order valence-corrected chi connectivity index (χ2v) is 3.08. The SMILES string of the molecule is CCCNC(CC)C(=O)CBr. The van der Waals surface area contributed by atoms with Gasteiger partial charge in [0.15, 0.2) is 5.78 Å². The van der Waals surface area contributed by atoms with Crippen molar-refractivity contribution in [1.29, 1.82) is 0 Å². The lowest BCUT2D eigenvalue weighted by Crippen LogP contribution is -2.37. The highest BCUT2D eigenvalue weighted by Crippen LogP contribution is 1.96. The molecule has 0 fully saturated rings. The first kappa shape index (κ1) is 11.1. The topological polar surface area (TPSA) is 29.1 Å². The number of nitrogens with one attached hydrogen (secondary N) is 1. The van der Waals surface area contributed by atoms with Gasteiger partial charge in [-0.15, -0.1) is 0 Å². The number of alkyl halides is 1. The summed E-state index contributed by atoms with van der Waals surface area (Å²) in [5.74, 6) is 0.251. The number of hydrogen-bond donors (Lipinski definition) is 1. The summed E-state index contributed by atoms with van der Waals surface area (Å²) in [5, 5.41) is 3.65. The predicted octanol–water partition coefficient (Wildman–Crippen LogP) is 1.73. The Morgan fingerprint density at radius 1 is 1.55 bits per heavy atom. The maximum atomic E-state index is 11.1. The van der Waals surface area contributed by atoms with E-state index in [1.54, 1.807) is 0 Å². The molecule has 1 N–H and O–H groups in total. The van der Waals surface area contributed by atoms with Gasteiger partial charge in [0.25, 0.3) is 0 Å². The Morgan fingerprint density at radius 2 is 2.18 bits per heavy atom. The summed E-state index contributed by atoms with van der Waals surface area (Å²) in [6.07, 6.45) is 1.95. The van der Waals surface area contributed by atoms with Gasteiger partial charge < -0.3 is 5.32 Å². The van der Waals surface area contributed by atoms with Crippen molar-refractivity contribution in [1.82, 2.24) is 5.32 Å². The first-order chi connectivity index (χ1) is 5.26. The van der Waals surface area contributed by atoms with Gasteiger partial charge in [-0.3, -0.25) is 4.79 Å². The van der Waals surface area contributed by atoms with Crippen molar-refractivity contribution in [3.05, 3.63) is 0 Å². The maximum absolute atomic E-state index is 11.1. The minimum Gasteiger partial charge on any atom is -0.307 e. The van der Waals surface area contributed by atoms with Crippen molar-refractivity contribution < 1.29 is 4.79 Å². The average Bonchev–Trinajstić information content (AvgIpc) is 2.05. The van der Waals surface area contributed by atoms with Crippen LogP contribution < -0.4 is 5.32 Å². The second kappa shape index (κ2) is 6.80. The largest absolute Gasteiger partial charge is 0.307 e. The monoisotopic (exact) mass is 221 g/mol. The van der Waals surface area contributed by atoms with Crippen LogP contribution in [0.1, 0.15) is 26.7 Å². The highest BCUT2D eigenvalue weighted by atomic mass is 79.9. The molecular formula is C8H16BrNO. The zero-order valence-corrected chi connectivity index (χ0v) is 8.78. The summed E-state index contributed by atoms with van der Waals surface area (Å²) < 4.78 is 0. The van der Waals surface area contributed by atoms with Crippen molar-refractivity contribution in [2.45, 2.75) is 32.7 Å². The predicted molar refractivity (Wildman–Crippen MR) is 51.2 cm³/mol. The Hall–Kier alpha value is 0.110. The van der Waals surface area contributed by atoms with Crippen molar-refractivity contribution in [3.8, 4) is 0 Å². The number of halogens is 1. The molecule has 0 aliphatic carbocycles. The van der Waals surface area contributed by atoms with Crippen molar-refractivity contribution >= 4 is 21.7 Å². The summed E-state index contributed by atoms with van der Waals surface area (Å²) in [6.45, 7) is 5.05. The van der Waals surface area contributed by atoms with Gasteiger partial charge in [0.2, 0.25) is 0 Å². The van der Waals surface area contributed by atoms with E-state index in [2.05, 4.69) is 28.2 Å². The smallest absolute Gasteiger partial charge is 0.160 e. The maximum Gasteiger partial charge on any atom is 0.160 e. The van der Waals surface area contributed by atoms with E-state index in [4.69, 9.17) is 0 Å². The fourth-order valence-electron chi connectivity index (χ4n) is 0.898. The molecule has 0 aromatic heterocycles. The highest BCUT2D eigenvalue weighted by Gasteiger charge is 2.12. The Labute approximate surface area is 76.9 Å². The van der Waals surface area contributed by atoms with Crippen molar-refractivity contribution in [2.75, 3.05) is 11.9 Å². The van der Waals surface area contributed by atoms with Gasteiger partial charge in [-0.1, -0.05) is 29.8 Å². The molecule has 1 unspecified atom stereocenters. The first-order valence-corrected chi connectivity index (χ1v) is 5.20. The number of Topliss-reactive ketones (excluding diaryl/α,β-unsaturated/α-hetero) is 1. The van der Waals surface area contributed by atoms with Crippen LogP contribution in [0.15, 0.2) is 0 Å². The van der Waals surface area contributed by atoms with Crippen molar-refractivity contribution in [2.24, 2.45) is 0 Å². The molecule has 11 heavy (non-hydrogen) atoms. The molecule has 66 valence electrons.